The number of hydrogen-bond acceptors (Lipinski definition) is 1. The van der Waals surface area contributed by atoms with Crippen molar-refractivity contribution in [2.24, 2.45) is 0 Å². The first-order valence-corrected chi connectivity index (χ1v) is 2.08. The molecule has 1 fully saturated rings. The molecule has 0 saturated carbocycles. The average Bonchev–Trinajstić information content (AvgIpc) is 1.76. The molecule has 40 valence electrons. The van der Waals surface area contributed by atoms with Crippen LogP contribution < -0.4 is 0 Å². The predicted molar refractivity (Wildman–Crippen MR) is 39.3 cm³/mol. The van der Waals surface area contributed by atoms with Crippen LogP contribution in [-0.4, -0.2) is 49.4 Å². The van der Waals surface area contributed by atoms with Crippen LogP contribution in [0, 0.1) is 0 Å². The fraction of sp³-hybridized carbons (Fsp3) is 1.00. The van der Waals surface area contributed by atoms with E-state index in [1.807, 2.05) is 0 Å². The summed E-state index contributed by atoms with van der Waals surface area (Å²) in [4.78, 5) is 0. The van der Waals surface area contributed by atoms with Gasteiger partial charge in [-0.1, -0.05) is 0 Å². The Balaban J connectivity index is -0.0000000833. The van der Waals surface area contributed by atoms with Crippen molar-refractivity contribution in [3.05, 3.63) is 0 Å². The van der Waals surface area contributed by atoms with Crippen molar-refractivity contribution >= 4 is 36.2 Å². The summed E-state index contributed by atoms with van der Waals surface area (Å²) in [5, 5.41) is 0. The molecule has 0 N–H and O–H groups in total. The predicted octanol–water partition coefficient (Wildman–Crippen LogP) is -0.790. The molecule has 1 saturated heterocycles. The van der Waals surface area contributed by atoms with Crippen molar-refractivity contribution < 1.29 is 6.16 Å². The zero-order valence-corrected chi connectivity index (χ0v) is 3.24. The quantitative estimate of drug-likeness (QED) is 0.373. The summed E-state index contributed by atoms with van der Waals surface area (Å²) in [7, 11) is 0. The van der Waals surface area contributed by atoms with Crippen LogP contribution in [0.4, 0.5) is 0 Å². The summed E-state index contributed by atoms with van der Waals surface area (Å²) >= 11 is 0. The molecule has 0 atom stereocenters. The molecule has 0 bridgehead atoms. The molecule has 1 rings (SSSR count). The van der Waals surface area contributed by atoms with E-state index in [-0.39, 0.29) is 37.6 Å². The van der Waals surface area contributed by atoms with Gasteiger partial charge in [-0.05, 0) is 12.8 Å². The molecule has 0 spiro atoms. The van der Waals surface area contributed by atoms with E-state index in [9.17, 15) is 0 Å². The van der Waals surface area contributed by atoms with Crippen LogP contribution in [0.25, 0.3) is 0 Å². The van der Waals surface area contributed by atoms with Crippen molar-refractivity contribution in [3.8, 4) is 0 Å². The van der Waals surface area contributed by atoms with Crippen LogP contribution in [-0.2, 0) is 4.74 Å². The molecule has 0 aliphatic carbocycles. The molecule has 0 radical (unpaired) electrons. The summed E-state index contributed by atoms with van der Waals surface area (Å²) in [5.74, 6) is 0. The molecule has 0 aromatic heterocycles. The Kier molecular flexibility index (Phi) is 11.1. The Morgan fingerprint density at radius 1 is 1.14 bits per heavy atom. The fourth-order valence-electron chi connectivity index (χ4n) is 0.510. The van der Waals surface area contributed by atoms with Crippen LogP contribution in [0.3, 0.4) is 0 Å². The van der Waals surface area contributed by atoms with E-state index in [2.05, 4.69) is 0 Å². The van der Waals surface area contributed by atoms with Crippen LogP contribution in [0.15, 0.2) is 0 Å². The molecular weight excluding hydrogens is 98.0 g/mol. The van der Waals surface area contributed by atoms with Gasteiger partial charge >= 0.3 is 18.9 Å². The van der Waals surface area contributed by atoms with Gasteiger partial charge in [-0.3, -0.25) is 0 Å². The van der Waals surface area contributed by atoms with Crippen LogP contribution in [0.5, 0.6) is 0 Å². The summed E-state index contributed by atoms with van der Waals surface area (Å²) in [6, 6.07) is 0. The second-order valence-corrected chi connectivity index (χ2v) is 1.32. The van der Waals surface area contributed by atoms with Gasteiger partial charge in [0, 0.05) is 14.6 Å². The monoisotopic (exact) mass is 112 g/mol. The topological polar surface area (TPSA) is 9.23 Å². The molecular formula is C4H14AlLiO. The van der Waals surface area contributed by atoms with E-state index in [4.69, 9.17) is 4.74 Å². The van der Waals surface area contributed by atoms with Gasteiger partial charge in [-0.15, -0.1) is 0 Å². The van der Waals surface area contributed by atoms with Gasteiger partial charge in [0.2, 0.25) is 0 Å². The van der Waals surface area contributed by atoms with Gasteiger partial charge in [-0.2, -0.15) is 0 Å². The average molecular weight is 112 g/mol. The molecule has 1 heterocycles. The zero-order valence-electron chi connectivity index (χ0n) is 3.24. The minimum absolute atomic E-state index is 0. The second-order valence-electron chi connectivity index (χ2n) is 1.32. The second kappa shape index (κ2) is 7.09. The number of ether oxygens (including phenoxy) is 1. The standard InChI is InChI=1S/C4H8O.Al.Li.H2.4H/c1-2-4-5-3-1;;;;;;;/h1-4H2;;;1H;;;;. The number of hydrogen-bond donors (Lipinski definition) is 0. The van der Waals surface area contributed by atoms with E-state index in [0.717, 1.165) is 13.2 Å². The normalized spacial score (nSPS) is 17.1. The van der Waals surface area contributed by atoms with Crippen LogP contribution in [0.2, 0.25) is 0 Å². The Morgan fingerprint density at radius 2 is 1.57 bits per heavy atom. The van der Waals surface area contributed by atoms with E-state index < -0.39 is 0 Å². The SMILES string of the molecule is C1CCOC1.[AlH3].[HH].[LiH]. The van der Waals surface area contributed by atoms with Crippen molar-refractivity contribution in [2.75, 3.05) is 13.2 Å². The van der Waals surface area contributed by atoms with Gasteiger partial charge in [0.15, 0.2) is 17.4 Å². The maximum atomic E-state index is 4.94. The first-order chi connectivity index (χ1) is 2.50. The van der Waals surface area contributed by atoms with Gasteiger partial charge in [0.1, 0.15) is 0 Å². The van der Waals surface area contributed by atoms with Crippen LogP contribution >= 0.6 is 0 Å². The van der Waals surface area contributed by atoms with Crippen molar-refractivity contribution in [1.82, 2.24) is 0 Å². The van der Waals surface area contributed by atoms with Crippen LogP contribution in [0.1, 0.15) is 14.3 Å². The van der Waals surface area contributed by atoms with Gasteiger partial charge in [-0.25, -0.2) is 0 Å². The first-order valence-electron chi connectivity index (χ1n) is 2.08. The zero-order chi connectivity index (χ0) is 3.54. The van der Waals surface area contributed by atoms with E-state index >= 15 is 0 Å². The summed E-state index contributed by atoms with van der Waals surface area (Å²) in [6.07, 6.45) is 2.56. The summed E-state index contributed by atoms with van der Waals surface area (Å²) < 4.78 is 4.94. The van der Waals surface area contributed by atoms with Crippen molar-refractivity contribution in [3.63, 3.8) is 0 Å². The third kappa shape index (κ3) is 4.95. The van der Waals surface area contributed by atoms with Crippen molar-refractivity contribution in [2.45, 2.75) is 12.8 Å². The molecule has 1 aliphatic rings. The van der Waals surface area contributed by atoms with E-state index in [1.165, 1.54) is 12.8 Å². The minimum atomic E-state index is 0. The Hall–Kier alpha value is 1.09. The van der Waals surface area contributed by atoms with E-state index in [1.54, 1.807) is 0 Å². The third-order valence-electron chi connectivity index (χ3n) is 0.827. The Bertz CT molecular complexity index is 27.6. The Labute approximate surface area is 68.6 Å². The first kappa shape index (κ1) is 11.0. The summed E-state index contributed by atoms with van der Waals surface area (Å²) in [6.45, 7) is 2.00. The Morgan fingerprint density at radius 3 is 1.71 bits per heavy atom. The van der Waals surface area contributed by atoms with Crippen molar-refractivity contribution in [1.29, 1.82) is 0 Å². The molecule has 0 aromatic carbocycles. The molecule has 3 heteroatoms. The fourth-order valence-corrected chi connectivity index (χ4v) is 0.510. The molecule has 1 aliphatic heterocycles. The molecule has 0 unspecified atom stereocenters. The number of rotatable bonds is 0. The molecule has 1 nitrogen and oxygen atoms in total. The van der Waals surface area contributed by atoms with Gasteiger partial charge in [0.25, 0.3) is 0 Å². The molecule has 7 heavy (non-hydrogen) atoms. The molecule has 0 aromatic rings. The van der Waals surface area contributed by atoms with Gasteiger partial charge < -0.3 is 4.74 Å². The van der Waals surface area contributed by atoms with Gasteiger partial charge in [0.05, 0.1) is 0 Å². The van der Waals surface area contributed by atoms with E-state index in [0.29, 0.717) is 0 Å². The summed E-state index contributed by atoms with van der Waals surface area (Å²) in [5.41, 5.74) is 0. The maximum absolute atomic E-state index is 4.94. The molecule has 0 amide bonds. The third-order valence-corrected chi connectivity index (χ3v) is 0.827.